The van der Waals surface area contributed by atoms with Gasteiger partial charge < -0.3 is 19.0 Å². The molecule has 1 N–H and O–H groups in total. The van der Waals surface area contributed by atoms with Gasteiger partial charge in [0.1, 0.15) is 12.3 Å². The minimum atomic E-state index is -1.01. The summed E-state index contributed by atoms with van der Waals surface area (Å²) in [6.07, 6.45) is 3.79. The molecule has 0 spiro atoms. The van der Waals surface area contributed by atoms with Gasteiger partial charge in [-0.05, 0) is 30.3 Å². The Bertz CT molecular complexity index is 793. The Labute approximate surface area is 126 Å². The highest BCUT2D eigenvalue weighted by atomic mass is 16.5. The maximum Gasteiger partial charge on any atom is 0.335 e. The molecule has 3 rings (SSSR count). The molecular weight excluding hydrogens is 284 g/mol. The molecule has 0 amide bonds. The SMILES string of the molecule is COc1cc(C(=O)O)ccc1OCc1cn2ccccc2n1. The number of rotatable bonds is 5. The fourth-order valence-electron chi connectivity index (χ4n) is 2.13. The molecule has 0 bridgehead atoms. The summed E-state index contributed by atoms with van der Waals surface area (Å²) in [7, 11) is 1.47. The number of imidazole rings is 1. The summed E-state index contributed by atoms with van der Waals surface area (Å²) in [4.78, 5) is 15.4. The third kappa shape index (κ3) is 2.71. The summed E-state index contributed by atoms with van der Waals surface area (Å²) in [6, 6.07) is 10.2. The fourth-order valence-corrected chi connectivity index (χ4v) is 2.13. The number of benzene rings is 1. The van der Waals surface area contributed by atoms with Crippen LogP contribution >= 0.6 is 0 Å². The second-order valence-electron chi connectivity index (χ2n) is 4.66. The number of methoxy groups -OCH3 is 1. The Hall–Kier alpha value is -3.02. The molecule has 2 aromatic heterocycles. The number of carboxylic acid groups (broad SMARTS) is 1. The van der Waals surface area contributed by atoms with E-state index in [1.807, 2.05) is 35.0 Å². The number of pyridine rings is 1. The molecular formula is C16H14N2O4. The third-order valence-electron chi connectivity index (χ3n) is 3.20. The standard InChI is InChI=1S/C16H14N2O4/c1-21-14-8-11(16(19)20)5-6-13(14)22-10-12-9-18-7-3-2-4-15(18)17-12/h2-9H,10H2,1H3,(H,19,20). The van der Waals surface area contributed by atoms with Crippen LogP contribution in [0.1, 0.15) is 16.1 Å². The summed E-state index contributed by atoms with van der Waals surface area (Å²) in [5.41, 5.74) is 1.77. The normalized spacial score (nSPS) is 10.6. The number of ether oxygens (including phenoxy) is 2. The number of carboxylic acids is 1. The molecule has 1 aromatic carbocycles. The zero-order valence-electron chi connectivity index (χ0n) is 11.9. The number of hydrogen-bond donors (Lipinski definition) is 1. The predicted octanol–water partition coefficient (Wildman–Crippen LogP) is 2.62. The number of aromatic nitrogens is 2. The highest BCUT2D eigenvalue weighted by Gasteiger charge is 2.11. The first-order valence-corrected chi connectivity index (χ1v) is 6.64. The van der Waals surface area contributed by atoms with Crippen molar-refractivity contribution in [2.75, 3.05) is 7.11 Å². The maximum absolute atomic E-state index is 11.0. The first-order chi connectivity index (χ1) is 10.7. The van der Waals surface area contributed by atoms with Crippen LogP contribution in [0.4, 0.5) is 0 Å². The van der Waals surface area contributed by atoms with E-state index >= 15 is 0 Å². The smallest absolute Gasteiger partial charge is 0.335 e. The van der Waals surface area contributed by atoms with Gasteiger partial charge in [-0.25, -0.2) is 9.78 Å². The van der Waals surface area contributed by atoms with Crippen molar-refractivity contribution in [1.82, 2.24) is 9.38 Å². The first kappa shape index (κ1) is 13.9. The average molecular weight is 298 g/mol. The Morgan fingerprint density at radius 1 is 1.27 bits per heavy atom. The van der Waals surface area contributed by atoms with E-state index in [4.69, 9.17) is 14.6 Å². The third-order valence-corrected chi connectivity index (χ3v) is 3.20. The van der Waals surface area contributed by atoms with Crippen molar-refractivity contribution in [3.63, 3.8) is 0 Å². The molecule has 2 heterocycles. The summed E-state index contributed by atoms with van der Waals surface area (Å²) < 4.78 is 12.8. The van der Waals surface area contributed by atoms with Crippen molar-refractivity contribution in [1.29, 1.82) is 0 Å². The van der Waals surface area contributed by atoms with Gasteiger partial charge in [-0.1, -0.05) is 6.07 Å². The number of aromatic carboxylic acids is 1. The Kier molecular flexibility index (Phi) is 3.65. The number of carbonyl (C=O) groups is 1. The van der Waals surface area contributed by atoms with Gasteiger partial charge in [-0.15, -0.1) is 0 Å². The molecule has 0 saturated heterocycles. The van der Waals surface area contributed by atoms with Crippen molar-refractivity contribution in [3.05, 3.63) is 60.0 Å². The van der Waals surface area contributed by atoms with Gasteiger partial charge in [0.2, 0.25) is 0 Å². The molecule has 3 aromatic rings. The van der Waals surface area contributed by atoms with Crippen LogP contribution in [0.2, 0.25) is 0 Å². The first-order valence-electron chi connectivity index (χ1n) is 6.64. The molecule has 6 nitrogen and oxygen atoms in total. The zero-order chi connectivity index (χ0) is 15.5. The van der Waals surface area contributed by atoms with Gasteiger partial charge in [-0.2, -0.15) is 0 Å². The van der Waals surface area contributed by atoms with E-state index in [0.717, 1.165) is 11.3 Å². The molecule has 112 valence electrons. The lowest BCUT2D eigenvalue weighted by Gasteiger charge is -2.10. The molecule has 0 aliphatic carbocycles. The van der Waals surface area contributed by atoms with E-state index in [0.29, 0.717) is 11.5 Å². The summed E-state index contributed by atoms with van der Waals surface area (Å²) in [6.45, 7) is 0.268. The zero-order valence-corrected chi connectivity index (χ0v) is 11.9. The van der Waals surface area contributed by atoms with Crippen molar-refractivity contribution < 1.29 is 19.4 Å². The van der Waals surface area contributed by atoms with E-state index in [-0.39, 0.29) is 12.2 Å². The van der Waals surface area contributed by atoms with E-state index < -0.39 is 5.97 Å². The minimum absolute atomic E-state index is 0.150. The maximum atomic E-state index is 11.0. The highest BCUT2D eigenvalue weighted by Crippen LogP contribution is 2.28. The lowest BCUT2D eigenvalue weighted by molar-refractivity contribution is 0.0696. The molecule has 0 fully saturated rings. The van der Waals surface area contributed by atoms with Gasteiger partial charge in [0, 0.05) is 12.4 Å². The number of fused-ring (bicyclic) bond motifs is 1. The van der Waals surface area contributed by atoms with Gasteiger partial charge >= 0.3 is 5.97 Å². The molecule has 22 heavy (non-hydrogen) atoms. The molecule has 0 radical (unpaired) electrons. The largest absolute Gasteiger partial charge is 0.493 e. The average Bonchev–Trinajstić information content (AvgIpc) is 2.95. The van der Waals surface area contributed by atoms with Crippen LogP contribution in [-0.4, -0.2) is 27.6 Å². The lowest BCUT2D eigenvalue weighted by Crippen LogP contribution is -2.01. The van der Waals surface area contributed by atoms with E-state index in [1.165, 1.54) is 19.2 Å². The lowest BCUT2D eigenvalue weighted by atomic mass is 10.2. The van der Waals surface area contributed by atoms with Crippen LogP contribution in [0.25, 0.3) is 5.65 Å². The minimum Gasteiger partial charge on any atom is -0.493 e. The summed E-state index contributed by atoms with van der Waals surface area (Å²) >= 11 is 0. The quantitative estimate of drug-likeness (QED) is 0.784. The van der Waals surface area contributed by atoms with Crippen LogP contribution < -0.4 is 9.47 Å². The van der Waals surface area contributed by atoms with Gasteiger partial charge in [0.15, 0.2) is 11.5 Å². The van der Waals surface area contributed by atoms with Crippen LogP contribution in [-0.2, 0) is 6.61 Å². The monoisotopic (exact) mass is 298 g/mol. The van der Waals surface area contributed by atoms with Crippen LogP contribution in [0.5, 0.6) is 11.5 Å². The summed E-state index contributed by atoms with van der Waals surface area (Å²) in [5.74, 6) is -0.154. The van der Waals surface area contributed by atoms with E-state index in [9.17, 15) is 4.79 Å². The molecule has 0 atom stereocenters. The van der Waals surface area contributed by atoms with Crippen molar-refractivity contribution >= 4 is 11.6 Å². The Balaban J connectivity index is 1.79. The van der Waals surface area contributed by atoms with Gasteiger partial charge in [0.25, 0.3) is 0 Å². The molecule has 0 unspecified atom stereocenters. The van der Waals surface area contributed by atoms with Crippen molar-refractivity contribution in [2.24, 2.45) is 0 Å². The predicted molar refractivity (Wildman–Crippen MR) is 79.5 cm³/mol. The van der Waals surface area contributed by atoms with Gasteiger partial charge in [0.05, 0.1) is 18.4 Å². The molecule has 0 aliphatic heterocycles. The molecule has 6 heteroatoms. The highest BCUT2D eigenvalue weighted by molar-refractivity contribution is 5.88. The topological polar surface area (TPSA) is 73.1 Å². The Morgan fingerprint density at radius 3 is 2.86 bits per heavy atom. The second-order valence-corrected chi connectivity index (χ2v) is 4.66. The van der Waals surface area contributed by atoms with Crippen LogP contribution in [0.15, 0.2) is 48.8 Å². The second kappa shape index (κ2) is 5.77. The fraction of sp³-hybridized carbons (Fsp3) is 0.125. The number of hydrogen-bond acceptors (Lipinski definition) is 4. The van der Waals surface area contributed by atoms with E-state index in [2.05, 4.69) is 4.98 Å². The summed E-state index contributed by atoms with van der Waals surface area (Å²) in [5, 5.41) is 8.98. The van der Waals surface area contributed by atoms with Crippen molar-refractivity contribution in [3.8, 4) is 11.5 Å². The van der Waals surface area contributed by atoms with Gasteiger partial charge in [-0.3, -0.25) is 0 Å². The molecule has 0 saturated carbocycles. The van der Waals surface area contributed by atoms with Crippen LogP contribution in [0.3, 0.4) is 0 Å². The Morgan fingerprint density at radius 2 is 2.14 bits per heavy atom. The number of nitrogens with zero attached hydrogens (tertiary/aromatic N) is 2. The molecule has 0 aliphatic rings. The van der Waals surface area contributed by atoms with E-state index in [1.54, 1.807) is 6.07 Å². The van der Waals surface area contributed by atoms with Crippen molar-refractivity contribution in [2.45, 2.75) is 6.61 Å². The van der Waals surface area contributed by atoms with Crippen LogP contribution in [0, 0.1) is 0 Å².